The molecule has 1 heterocycles. The van der Waals surface area contributed by atoms with Gasteiger partial charge < -0.3 is 5.73 Å². The van der Waals surface area contributed by atoms with Gasteiger partial charge in [-0.3, -0.25) is 0 Å². The van der Waals surface area contributed by atoms with Crippen LogP contribution in [-0.2, 0) is 22.8 Å². The van der Waals surface area contributed by atoms with Crippen LogP contribution in [-0.4, -0.2) is 23.2 Å². The second kappa shape index (κ2) is 5.48. The largest absolute Gasteiger partial charge is 0.453 e. The number of benzene rings is 1. The van der Waals surface area contributed by atoms with Crippen LogP contribution >= 0.6 is 0 Å². The highest BCUT2D eigenvalue weighted by molar-refractivity contribution is 7.86. The number of nitrogens with zero attached hydrogens (tertiary/aromatic N) is 3. The minimum absolute atomic E-state index is 0.0982. The van der Waals surface area contributed by atoms with Gasteiger partial charge in [-0.1, -0.05) is 13.0 Å². The molecular weight excluding hydrogens is 340 g/mol. The molecule has 2 rings (SSSR count). The van der Waals surface area contributed by atoms with Crippen LogP contribution in [0, 0.1) is 6.92 Å². The number of rotatable bonds is 3. The quantitative estimate of drug-likeness (QED) is 0.677. The zero-order valence-electron chi connectivity index (χ0n) is 12.0. The molecule has 6 nitrogen and oxygen atoms in total. The fraction of sp³-hybridized carbons (Fsp3) is 0.333. The van der Waals surface area contributed by atoms with Gasteiger partial charge in [-0.05, 0) is 30.5 Å². The summed E-state index contributed by atoms with van der Waals surface area (Å²) < 4.78 is 74.4. The lowest BCUT2D eigenvalue weighted by Gasteiger charge is -2.11. The molecule has 0 spiro atoms. The summed E-state index contributed by atoms with van der Waals surface area (Å²) in [6.45, 7) is 3.13. The van der Waals surface area contributed by atoms with E-state index in [1.54, 1.807) is 6.92 Å². The lowest BCUT2D eigenvalue weighted by Crippen LogP contribution is -2.10. The highest BCUT2D eigenvalue weighted by atomic mass is 32.3. The molecule has 0 saturated carbocycles. The first-order chi connectivity index (χ1) is 10.4. The second-order valence-corrected chi connectivity index (χ2v) is 6.06. The zero-order valence-corrected chi connectivity index (χ0v) is 12.8. The number of hydrogen-bond acceptors (Lipinski definition) is 5. The summed E-state index contributed by atoms with van der Waals surface area (Å²) in [5.74, 6) is -2.06. The van der Waals surface area contributed by atoms with Gasteiger partial charge in [0.2, 0.25) is 5.95 Å². The summed E-state index contributed by atoms with van der Waals surface area (Å²) in [7, 11) is -5.05. The number of nitrogens with two attached hydrogens (primary N) is 1. The molecule has 23 heavy (non-hydrogen) atoms. The third-order valence-electron chi connectivity index (χ3n) is 3.14. The Bertz CT molecular complexity index is 859. The van der Waals surface area contributed by atoms with Crippen LogP contribution in [0.2, 0.25) is 0 Å². The Morgan fingerprint density at radius 2 is 1.91 bits per heavy atom. The van der Waals surface area contributed by atoms with Gasteiger partial charge in [-0.25, -0.2) is 0 Å². The molecule has 0 fully saturated rings. The number of anilines is 1. The molecule has 11 heteroatoms. The molecule has 0 unspecified atom stereocenters. The standard InChI is InChI=1S/C12H12F4N4O2S/c1-3-7-4-6(2)8(5-9(7)23(16,21)22)20-11(17)18-10(19-20)12(13,14)15/h4-5H,3H2,1-2H3,(H2,17,18,19). The minimum Gasteiger partial charge on any atom is -0.368 e. The van der Waals surface area contributed by atoms with E-state index in [2.05, 4.69) is 10.1 Å². The van der Waals surface area contributed by atoms with Gasteiger partial charge in [0.05, 0.1) is 5.69 Å². The second-order valence-electron chi connectivity index (χ2n) is 4.74. The molecule has 0 aliphatic rings. The summed E-state index contributed by atoms with van der Waals surface area (Å²) in [5, 5.41) is 3.23. The summed E-state index contributed by atoms with van der Waals surface area (Å²) in [6.07, 6.45) is -4.59. The van der Waals surface area contributed by atoms with Crippen LogP contribution in [0.5, 0.6) is 0 Å². The van der Waals surface area contributed by atoms with Crippen molar-refractivity contribution in [1.29, 1.82) is 0 Å². The van der Waals surface area contributed by atoms with E-state index in [4.69, 9.17) is 5.73 Å². The van der Waals surface area contributed by atoms with Crippen LogP contribution < -0.4 is 5.73 Å². The maximum Gasteiger partial charge on any atom is 0.453 e. The van der Waals surface area contributed by atoms with Gasteiger partial charge in [0.1, 0.15) is 4.90 Å². The number of alkyl halides is 3. The molecule has 1 aromatic heterocycles. The van der Waals surface area contributed by atoms with Gasteiger partial charge >= 0.3 is 16.4 Å². The predicted octanol–water partition coefficient (Wildman–Crippen LogP) is 2.40. The van der Waals surface area contributed by atoms with Gasteiger partial charge in [-0.15, -0.1) is 8.98 Å². The number of aryl methyl sites for hydroxylation is 2. The molecule has 0 aliphatic carbocycles. The van der Waals surface area contributed by atoms with Crippen LogP contribution in [0.1, 0.15) is 23.9 Å². The lowest BCUT2D eigenvalue weighted by molar-refractivity contribution is -0.144. The molecule has 0 atom stereocenters. The average molecular weight is 352 g/mol. The van der Waals surface area contributed by atoms with Crippen molar-refractivity contribution in [3.8, 4) is 5.69 Å². The molecule has 2 aromatic rings. The number of nitrogen functional groups attached to an aromatic ring is 1. The van der Waals surface area contributed by atoms with Crippen molar-refractivity contribution in [3.63, 3.8) is 0 Å². The smallest absolute Gasteiger partial charge is 0.368 e. The van der Waals surface area contributed by atoms with Gasteiger partial charge in [0, 0.05) is 0 Å². The van der Waals surface area contributed by atoms with E-state index < -0.39 is 33.1 Å². The summed E-state index contributed by atoms with van der Waals surface area (Å²) in [5.41, 5.74) is 5.89. The van der Waals surface area contributed by atoms with E-state index >= 15 is 0 Å². The predicted molar refractivity (Wildman–Crippen MR) is 73.2 cm³/mol. The monoisotopic (exact) mass is 352 g/mol. The van der Waals surface area contributed by atoms with Gasteiger partial charge in [0.25, 0.3) is 5.82 Å². The van der Waals surface area contributed by atoms with Crippen molar-refractivity contribution in [2.75, 3.05) is 5.73 Å². The number of hydrogen-bond donors (Lipinski definition) is 1. The molecule has 1 aromatic carbocycles. The average Bonchev–Trinajstić information content (AvgIpc) is 2.79. The Labute approximate surface area is 129 Å². The van der Waals surface area contributed by atoms with E-state index in [0.717, 1.165) is 6.07 Å². The van der Waals surface area contributed by atoms with Crippen LogP contribution in [0.25, 0.3) is 5.69 Å². The third kappa shape index (κ3) is 3.28. The number of halogens is 4. The highest BCUT2D eigenvalue weighted by Gasteiger charge is 2.37. The normalized spacial score (nSPS) is 12.6. The summed E-state index contributed by atoms with van der Waals surface area (Å²) in [6, 6.07) is 2.25. The maximum absolute atomic E-state index is 13.4. The van der Waals surface area contributed by atoms with Crippen LogP contribution in [0.15, 0.2) is 17.0 Å². The van der Waals surface area contributed by atoms with E-state index in [1.165, 1.54) is 13.0 Å². The van der Waals surface area contributed by atoms with Crippen molar-refractivity contribution in [2.45, 2.75) is 31.3 Å². The van der Waals surface area contributed by atoms with Gasteiger partial charge in [0.15, 0.2) is 0 Å². The van der Waals surface area contributed by atoms with Crippen molar-refractivity contribution >= 4 is 16.2 Å². The topological polar surface area (TPSA) is 90.9 Å². The Morgan fingerprint density at radius 1 is 1.30 bits per heavy atom. The van der Waals surface area contributed by atoms with E-state index in [0.29, 0.717) is 10.2 Å². The summed E-state index contributed by atoms with van der Waals surface area (Å²) in [4.78, 5) is 2.46. The minimum atomic E-state index is -5.05. The van der Waals surface area contributed by atoms with Crippen molar-refractivity contribution < 1.29 is 25.5 Å². The van der Waals surface area contributed by atoms with Crippen molar-refractivity contribution in [2.24, 2.45) is 0 Å². The maximum atomic E-state index is 13.4. The van der Waals surface area contributed by atoms with Crippen molar-refractivity contribution in [3.05, 3.63) is 29.1 Å². The first kappa shape index (κ1) is 17.2. The van der Waals surface area contributed by atoms with Gasteiger partial charge in [-0.2, -0.15) is 31.3 Å². The van der Waals surface area contributed by atoms with E-state index in [1.807, 2.05) is 0 Å². The van der Waals surface area contributed by atoms with E-state index in [-0.39, 0.29) is 17.7 Å². The fourth-order valence-corrected chi connectivity index (χ4v) is 2.86. The third-order valence-corrected chi connectivity index (χ3v) is 4.04. The van der Waals surface area contributed by atoms with Crippen molar-refractivity contribution in [1.82, 2.24) is 14.8 Å². The lowest BCUT2D eigenvalue weighted by atomic mass is 10.1. The SMILES string of the molecule is CCc1cc(C)c(-n2nc(C(F)(F)F)nc2N)cc1S(=O)(=O)F. The first-order valence-electron chi connectivity index (χ1n) is 6.33. The van der Waals surface area contributed by atoms with E-state index in [9.17, 15) is 25.5 Å². The molecule has 0 radical (unpaired) electrons. The number of aromatic nitrogens is 3. The zero-order chi connectivity index (χ0) is 17.6. The molecule has 2 N–H and O–H groups in total. The molecule has 0 amide bonds. The Balaban J connectivity index is 2.72. The van der Waals surface area contributed by atoms with Crippen LogP contribution in [0.4, 0.5) is 23.0 Å². The molecule has 0 bridgehead atoms. The van der Waals surface area contributed by atoms with Crippen LogP contribution in [0.3, 0.4) is 0 Å². The Hall–Kier alpha value is -2.17. The fourth-order valence-electron chi connectivity index (χ4n) is 2.09. The Morgan fingerprint density at radius 3 is 2.35 bits per heavy atom. The molecule has 0 saturated heterocycles. The first-order valence-corrected chi connectivity index (χ1v) is 7.71. The highest BCUT2D eigenvalue weighted by Crippen LogP contribution is 2.30. The Kier molecular flexibility index (Phi) is 4.09. The summed E-state index contributed by atoms with van der Waals surface area (Å²) >= 11 is 0. The molecule has 126 valence electrons. The molecule has 0 aliphatic heterocycles. The molecular formula is C12H12F4N4O2S.